The lowest BCUT2D eigenvalue weighted by atomic mass is 9.67. The molecule has 7 heteroatoms. The molecule has 4 rings (SSSR count). The number of carbonyl (C=O) groups is 1. The van der Waals surface area contributed by atoms with Gasteiger partial charge in [-0.15, -0.1) is 0 Å². The van der Waals surface area contributed by atoms with Crippen molar-refractivity contribution in [1.82, 2.24) is 20.8 Å². The highest BCUT2D eigenvalue weighted by Gasteiger charge is 2.50. The Bertz CT molecular complexity index is 852. The van der Waals surface area contributed by atoms with Crippen LogP contribution in [0, 0.1) is 24.1 Å². The van der Waals surface area contributed by atoms with Crippen LogP contribution in [-0.4, -0.2) is 29.1 Å². The Hall–Kier alpha value is -2.28. The zero-order chi connectivity index (χ0) is 19.0. The summed E-state index contributed by atoms with van der Waals surface area (Å²) in [4.78, 5) is 17.4. The predicted molar refractivity (Wildman–Crippen MR) is 98.2 cm³/mol. The summed E-state index contributed by atoms with van der Waals surface area (Å²) in [6.07, 6.45) is 4.29. The third kappa shape index (κ3) is 3.25. The van der Waals surface area contributed by atoms with E-state index >= 15 is 0 Å². The van der Waals surface area contributed by atoms with Gasteiger partial charge in [-0.25, -0.2) is 4.39 Å². The molecule has 1 aliphatic carbocycles. The van der Waals surface area contributed by atoms with Crippen LogP contribution in [0.25, 0.3) is 11.4 Å². The fourth-order valence-electron chi connectivity index (χ4n) is 4.35. The van der Waals surface area contributed by atoms with Gasteiger partial charge in [-0.2, -0.15) is 4.98 Å². The average molecular weight is 372 g/mol. The Kier molecular flexibility index (Phi) is 4.72. The monoisotopic (exact) mass is 372 g/mol. The van der Waals surface area contributed by atoms with Crippen molar-refractivity contribution in [2.24, 2.45) is 11.3 Å². The first-order chi connectivity index (χ1) is 13.0. The first-order valence-electron chi connectivity index (χ1n) is 9.61. The van der Waals surface area contributed by atoms with Gasteiger partial charge in [-0.05, 0) is 50.8 Å². The van der Waals surface area contributed by atoms with Crippen LogP contribution in [0.2, 0.25) is 0 Å². The molecule has 1 unspecified atom stereocenters. The van der Waals surface area contributed by atoms with E-state index < -0.39 is 6.04 Å². The van der Waals surface area contributed by atoms with E-state index in [2.05, 4.69) is 20.8 Å². The van der Waals surface area contributed by atoms with Crippen molar-refractivity contribution >= 4 is 5.91 Å². The zero-order valence-corrected chi connectivity index (χ0v) is 15.7. The molecule has 1 aliphatic heterocycles. The van der Waals surface area contributed by atoms with E-state index in [4.69, 9.17) is 4.52 Å². The van der Waals surface area contributed by atoms with Gasteiger partial charge in [0.2, 0.25) is 17.6 Å². The van der Waals surface area contributed by atoms with Gasteiger partial charge in [0.05, 0.1) is 5.41 Å². The molecule has 2 heterocycles. The minimum absolute atomic E-state index is 0.0610. The third-order valence-electron chi connectivity index (χ3n) is 6.08. The summed E-state index contributed by atoms with van der Waals surface area (Å²) in [5.41, 5.74) is 0.794. The lowest BCUT2D eigenvalue weighted by Crippen LogP contribution is -2.48. The molecule has 0 radical (unpaired) electrons. The van der Waals surface area contributed by atoms with E-state index in [9.17, 15) is 9.18 Å². The van der Waals surface area contributed by atoms with Gasteiger partial charge in [0.1, 0.15) is 11.9 Å². The van der Waals surface area contributed by atoms with Crippen molar-refractivity contribution in [2.75, 3.05) is 13.1 Å². The molecule has 2 aromatic rings. The van der Waals surface area contributed by atoms with Crippen LogP contribution < -0.4 is 10.6 Å². The molecule has 6 nitrogen and oxygen atoms in total. The number of nitrogens with zero attached hydrogens (tertiary/aromatic N) is 2. The first-order valence-corrected chi connectivity index (χ1v) is 9.61. The van der Waals surface area contributed by atoms with Crippen molar-refractivity contribution in [2.45, 2.75) is 45.6 Å². The van der Waals surface area contributed by atoms with Crippen molar-refractivity contribution in [3.63, 3.8) is 0 Å². The average Bonchev–Trinajstić information content (AvgIpc) is 3.31. The molecule has 1 amide bonds. The number of aromatic nitrogens is 2. The lowest BCUT2D eigenvalue weighted by Gasteiger charge is -2.37. The number of aryl methyl sites for hydroxylation is 1. The lowest BCUT2D eigenvalue weighted by molar-refractivity contribution is -0.134. The van der Waals surface area contributed by atoms with Gasteiger partial charge >= 0.3 is 0 Å². The molecular formula is C20H25FN4O2. The highest BCUT2D eigenvalue weighted by Crippen LogP contribution is 2.44. The Labute approximate surface area is 157 Å². The fraction of sp³-hybridized carbons (Fsp3) is 0.550. The topological polar surface area (TPSA) is 80.0 Å². The summed E-state index contributed by atoms with van der Waals surface area (Å²) in [5.74, 6) is 0.796. The van der Waals surface area contributed by atoms with E-state index in [1.807, 2.05) is 6.92 Å². The van der Waals surface area contributed by atoms with E-state index in [1.54, 1.807) is 19.1 Å². The summed E-state index contributed by atoms with van der Waals surface area (Å²) in [6.45, 7) is 5.18. The number of benzene rings is 1. The van der Waals surface area contributed by atoms with Gasteiger partial charge in [0.25, 0.3) is 0 Å². The molecule has 1 saturated heterocycles. The van der Waals surface area contributed by atoms with Crippen LogP contribution in [-0.2, 0) is 4.79 Å². The minimum atomic E-state index is -0.397. The fourth-order valence-corrected chi connectivity index (χ4v) is 4.35. The number of rotatable bonds is 4. The van der Waals surface area contributed by atoms with E-state index in [-0.39, 0.29) is 17.1 Å². The predicted octanol–water partition coefficient (Wildman–Crippen LogP) is 3.14. The van der Waals surface area contributed by atoms with Gasteiger partial charge in [0, 0.05) is 12.1 Å². The molecule has 3 atom stereocenters. The van der Waals surface area contributed by atoms with Crippen LogP contribution in [0.1, 0.15) is 50.1 Å². The van der Waals surface area contributed by atoms with Crippen LogP contribution in [0.4, 0.5) is 4.39 Å². The smallest absolute Gasteiger partial charge is 0.249 e. The Morgan fingerprint density at radius 2 is 2.30 bits per heavy atom. The van der Waals surface area contributed by atoms with Crippen molar-refractivity contribution < 1.29 is 13.7 Å². The first kappa shape index (κ1) is 18.1. The summed E-state index contributed by atoms with van der Waals surface area (Å²) < 4.78 is 19.1. The van der Waals surface area contributed by atoms with Crippen molar-refractivity contribution in [3.8, 4) is 11.4 Å². The number of hydrogen-bond acceptors (Lipinski definition) is 5. The standard InChI is InChI=1S/C20H25FN4O2/c1-12-6-7-14(9-16(12)21)17-24-18(27-25-17)13(2)23-19(26)20-8-4-3-5-15(20)10-22-11-20/h6-7,9,13,15,22H,3-5,8,10-11H2,1-2H3,(H,23,26)/t13?,15-,20+/m0/s1. The summed E-state index contributed by atoms with van der Waals surface area (Å²) in [7, 11) is 0. The number of halogens is 1. The molecule has 2 fully saturated rings. The summed E-state index contributed by atoms with van der Waals surface area (Å²) >= 11 is 0. The highest BCUT2D eigenvalue weighted by molar-refractivity contribution is 5.84. The maximum absolute atomic E-state index is 13.8. The number of fused-ring (bicyclic) bond motifs is 1. The van der Waals surface area contributed by atoms with Gasteiger partial charge < -0.3 is 15.2 Å². The number of hydrogen-bond donors (Lipinski definition) is 2. The third-order valence-corrected chi connectivity index (χ3v) is 6.08. The SMILES string of the molecule is Cc1ccc(-c2noc(C(C)NC(=O)[C@@]34CCCC[C@H]3CNC4)n2)cc1F. The minimum Gasteiger partial charge on any atom is -0.344 e. The molecule has 2 N–H and O–H groups in total. The largest absolute Gasteiger partial charge is 0.344 e. The van der Waals surface area contributed by atoms with Gasteiger partial charge in [0.15, 0.2) is 0 Å². The normalized spacial score (nSPS) is 25.8. The molecule has 1 aromatic heterocycles. The quantitative estimate of drug-likeness (QED) is 0.862. The molecule has 1 saturated carbocycles. The Balaban J connectivity index is 1.49. The number of carbonyl (C=O) groups excluding carboxylic acids is 1. The zero-order valence-electron chi connectivity index (χ0n) is 15.7. The molecule has 2 aliphatic rings. The van der Waals surface area contributed by atoms with Crippen LogP contribution in [0.3, 0.4) is 0 Å². The molecule has 0 spiro atoms. The second kappa shape index (κ2) is 7.03. The number of amides is 1. The molecule has 0 bridgehead atoms. The van der Waals surface area contributed by atoms with Gasteiger partial charge in [-0.3, -0.25) is 4.79 Å². The summed E-state index contributed by atoms with van der Waals surface area (Å²) in [6, 6.07) is 4.43. The maximum Gasteiger partial charge on any atom is 0.249 e. The molecular weight excluding hydrogens is 347 g/mol. The van der Waals surface area contributed by atoms with E-state index in [0.29, 0.717) is 28.8 Å². The van der Waals surface area contributed by atoms with Gasteiger partial charge in [-0.1, -0.05) is 30.1 Å². The Morgan fingerprint density at radius 1 is 1.44 bits per heavy atom. The van der Waals surface area contributed by atoms with Crippen LogP contribution in [0.15, 0.2) is 22.7 Å². The summed E-state index contributed by atoms with van der Waals surface area (Å²) in [5, 5.41) is 10.4. The van der Waals surface area contributed by atoms with E-state index in [1.165, 1.54) is 12.5 Å². The molecule has 1 aromatic carbocycles. The highest BCUT2D eigenvalue weighted by atomic mass is 19.1. The van der Waals surface area contributed by atoms with E-state index in [0.717, 1.165) is 32.4 Å². The number of nitrogens with one attached hydrogen (secondary N) is 2. The van der Waals surface area contributed by atoms with Crippen molar-refractivity contribution in [3.05, 3.63) is 35.5 Å². The van der Waals surface area contributed by atoms with Crippen LogP contribution in [0.5, 0.6) is 0 Å². The van der Waals surface area contributed by atoms with Crippen molar-refractivity contribution in [1.29, 1.82) is 0 Å². The maximum atomic E-state index is 13.8. The second-order valence-corrected chi connectivity index (χ2v) is 7.85. The second-order valence-electron chi connectivity index (χ2n) is 7.85. The Morgan fingerprint density at radius 3 is 3.11 bits per heavy atom. The van der Waals surface area contributed by atoms with Crippen LogP contribution >= 0.6 is 0 Å². The molecule has 27 heavy (non-hydrogen) atoms. The molecule has 144 valence electrons.